The molecule has 3 heterocycles. The molecule has 6 bridgehead atoms. The van der Waals surface area contributed by atoms with Crippen LogP contribution in [0.25, 0.3) is 0 Å². The third-order valence-corrected chi connectivity index (χ3v) is 34.6. The molecule has 0 spiro atoms. The molecule has 35 heteroatoms. The fraction of sp³-hybridized carbons (Fsp3) is 0.779. The fourth-order valence-corrected chi connectivity index (χ4v) is 25.9. The first-order valence-corrected chi connectivity index (χ1v) is 55.6. The molecule has 3 saturated heterocycles. The third kappa shape index (κ3) is 37.1. The quantitative estimate of drug-likeness (QED) is 0.0113. The number of aliphatic carboxylic acids is 1. The van der Waals surface area contributed by atoms with Gasteiger partial charge in [0.25, 0.3) is 0 Å². The number of carboxylic acids is 1. The van der Waals surface area contributed by atoms with Gasteiger partial charge in [-0.15, -0.1) is 0 Å². The normalized spacial score (nSPS) is 29.8. The minimum absolute atomic E-state index is 0. The second-order valence-electron chi connectivity index (χ2n) is 47.0. The number of halogens is 2. The van der Waals surface area contributed by atoms with Crippen molar-refractivity contribution in [1.29, 1.82) is 0 Å². The number of likely N-dealkylation sites (N-methyl/N-ethyl adjacent to an activating group) is 3. The zero-order valence-electron chi connectivity index (χ0n) is 93.3. The molecule has 10 N–H and O–H groups in total. The van der Waals surface area contributed by atoms with Gasteiger partial charge in [0, 0.05) is 140 Å². The van der Waals surface area contributed by atoms with Crippen LogP contribution >= 0.6 is 22.9 Å². The van der Waals surface area contributed by atoms with Crippen molar-refractivity contribution in [2.75, 3.05) is 101 Å². The number of hydroxylamine groups is 6. The van der Waals surface area contributed by atoms with Gasteiger partial charge in [-0.05, 0) is 250 Å². The largest absolute Gasteiger partial charge is 1.00 e. The van der Waals surface area contributed by atoms with E-state index in [0.29, 0.717) is 107 Å². The number of fused-ring (bicyclic) bond motifs is 6. The molecule has 3 aliphatic heterocycles. The van der Waals surface area contributed by atoms with Gasteiger partial charge in [-0.2, -0.15) is 38.1 Å². The van der Waals surface area contributed by atoms with Crippen LogP contribution in [0.15, 0.2) is 72.8 Å². The molecule has 3 amide bonds. The standard InChI is InChI=1S/2C35H58N4O4.C29H48N4O4.C6H10O.C4H6O4.C2H4O2.CH3BCl2.CH4.Na/c2*1-23-29-18-27(35(29,3)4)19-30(23)36-34(42)33-32(24(2)41)31(22-40)43-39(33)21-26-12-10-11-25(17-26)20-38(16-15-37(5)6)28-13-8-7-9-14-28;1-18-23-13-22(29(23,3)4)14-24(18)31-28(36)27-26(19(2)35)25(17-34)37-33(27)16-21-9-7-8-20(12-21)15-30-10-11-32(5)6;7-6-4-2-1-3-5-6;1-3(5)7-8-4(2)6;2*1-2(3)4;;/h2*10-12,17,23-24,27-33,40-41H,7-9,13-16,18-22H2,1-6H3,(H,36,42);7-9,12,18-19,22-27,30,34-35H,10-11,13-17H2,1-6H3,(H,31,36);1-5H2;1-2H3;1H3,(H,3,4);1H3;1H4;/q;;;;;;;;+1/p-1/t2*23-,24-,27+,29-,30-,31-,32+,33-;18-,19-,22+,23-,24-,25-,26+,27-;;;;;;/m000....../s1. The van der Waals surface area contributed by atoms with Crippen LogP contribution in [0.4, 0.5) is 0 Å². The molecule has 0 aromatic heterocycles. The van der Waals surface area contributed by atoms with Gasteiger partial charge in [-0.1, -0.05) is 194 Å². The molecule has 15 aliphatic rings. The molecule has 0 unspecified atom stereocenters. The number of Topliss-reactive ketones (excluding diaryl/α,β-unsaturated/α-hetero) is 1. The van der Waals surface area contributed by atoms with Gasteiger partial charge in [0.1, 0.15) is 42.2 Å². The van der Waals surface area contributed by atoms with E-state index in [0.717, 1.165) is 141 Å². The molecule has 12 aliphatic carbocycles. The smallest absolute Gasteiger partial charge is 0.550 e. The number of aliphatic hydroxyl groups is 6. The average molecular weight is 2130 g/mol. The first kappa shape index (κ1) is 130. The van der Waals surface area contributed by atoms with Crippen LogP contribution in [0.3, 0.4) is 0 Å². The van der Waals surface area contributed by atoms with Crippen molar-refractivity contribution in [3.63, 3.8) is 0 Å². The Balaban J connectivity index is 0.000000269. The Morgan fingerprint density at radius 3 is 0.993 bits per heavy atom. The molecule has 3 aromatic rings. The zero-order chi connectivity index (χ0) is 108. The summed E-state index contributed by atoms with van der Waals surface area (Å²) < 4.78 is 0. The monoisotopic (exact) mass is 2120 g/mol. The fourth-order valence-electron chi connectivity index (χ4n) is 25.9. The molecule has 12 saturated carbocycles. The maximum Gasteiger partial charge on any atom is 1.00 e. The van der Waals surface area contributed by atoms with E-state index in [1.807, 2.05) is 12.1 Å². The van der Waals surface area contributed by atoms with Gasteiger partial charge >= 0.3 is 47.0 Å². The number of ketones is 1. The van der Waals surface area contributed by atoms with E-state index in [4.69, 9.17) is 47.3 Å². The Bertz CT molecular complexity index is 4320. The number of benzene rings is 3. The van der Waals surface area contributed by atoms with Gasteiger partial charge in [-0.3, -0.25) is 43.5 Å². The van der Waals surface area contributed by atoms with Crippen LogP contribution < -0.4 is 55.9 Å². The number of amides is 3. The maximum atomic E-state index is 14.0. The number of nitrogens with one attached hydrogen (secondary N) is 4. The van der Waals surface area contributed by atoms with Gasteiger partial charge in [0.2, 0.25) is 17.7 Å². The minimum Gasteiger partial charge on any atom is -0.550 e. The van der Waals surface area contributed by atoms with Crippen LogP contribution in [0, 0.1) is 87.3 Å². The van der Waals surface area contributed by atoms with E-state index in [-0.39, 0.29) is 98.2 Å². The van der Waals surface area contributed by atoms with E-state index in [1.165, 1.54) is 107 Å². The molecular formula is C113H190BCl2N12NaO19. The van der Waals surface area contributed by atoms with Crippen molar-refractivity contribution >= 4 is 69.9 Å². The topological polar surface area (TPSA) is 384 Å². The summed E-state index contributed by atoms with van der Waals surface area (Å²) in [6.45, 7) is 40.2. The number of rotatable bonds is 35. The molecule has 834 valence electrons. The summed E-state index contributed by atoms with van der Waals surface area (Å²) in [5, 5.41) is 90.2. The van der Waals surface area contributed by atoms with Crippen molar-refractivity contribution in [3.8, 4) is 0 Å². The number of carbonyl (C=O) groups excluding carboxylic acids is 7. The van der Waals surface area contributed by atoms with Crippen molar-refractivity contribution in [3.05, 3.63) is 106 Å². The van der Waals surface area contributed by atoms with E-state index >= 15 is 0 Å². The summed E-state index contributed by atoms with van der Waals surface area (Å²) in [5.41, 5.74) is 7.69. The Hall–Kier alpha value is -4.93. The van der Waals surface area contributed by atoms with Gasteiger partial charge < -0.3 is 76.5 Å². The maximum absolute atomic E-state index is 14.0. The van der Waals surface area contributed by atoms with E-state index < -0.39 is 90.4 Å². The molecule has 0 radical (unpaired) electrons. The number of hydrogen-bond donors (Lipinski definition) is 10. The average Bonchev–Trinajstić information content (AvgIpc) is 1.06. The number of nitrogens with zero attached hydrogens (tertiary/aromatic N) is 8. The van der Waals surface area contributed by atoms with Crippen molar-refractivity contribution in [1.82, 2.24) is 61.0 Å². The van der Waals surface area contributed by atoms with Crippen LogP contribution in [-0.4, -0.2) is 304 Å². The number of carboxylic acid groups (broad SMARTS) is 1. The van der Waals surface area contributed by atoms with Crippen LogP contribution in [0.1, 0.15) is 280 Å². The zero-order valence-corrected chi connectivity index (χ0v) is 96.8. The molecule has 148 heavy (non-hydrogen) atoms. The third-order valence-electron chi connectivity index (χ3n) is 34.6. The van der Waals surface area contributed by atoms with Crippen LogP contribution in [0.2, 0.25) is 6.82 Å². The molecule has 18 rings (SSSR count). The Kier molecular flexibility index (Phi) is 54.2. The van der Waals surface area contributed by atoms with Crippen molar-refractivity contribution in [2.45, 2.75) is 377 Å². The summed E-state index contributed by atoms with van der Waals surface area (Å²) in [5.74, 6) is 1.30. The summed E-state index contributed by atoms with van der Waals surface area (Å²) in [6.07, 6.45) is 20.8. The second-order valence-corrected chi connectivity index (χ2v) is 48.6. The summed E-state index contributed by atoms with van der Waals surface area (Å²) >= 11 is 10.1. The second kappa shape index (κ2) is 61.7. The van der Waals surface area contributed by atoms with E-state index in [2.05, 4.69) is 221 Å². The minimum atomic E-state index is -1.08. The number of aliphatic hydroxyl groups excluding tert-OH is 6. The van der Waals surface area contributed by atoms with Crippen molar-refractivity contribution in [2.24, 2.45) is 87.3 Å². The SMILES string of the molecule is C.CB(Cl)Cl.CC(=O)OOC(C)=O.CC(=O)[O-].C[C@@H]1[C@@H](NC(=O)[C@@H]2[C@H]([C@H](C)O)[C@H](CO)ON2Cc2cccc(CN(CCN(C)C)C3CCCCC3)c2)C[C@H]2C[C@@H]1C2(C)C.C[C@@H]1[C@@H](NC(=O)[C@@H]2[C@H]([C@H](C)O)[C@H](CO)ON2Cc2cccc(CN(CCN(C)C)C3CCCCC3)c2)C[C@H]2C[C@@H]1C2(C)C.C[C@@H]1[C@@H](NC(=O)[C@@H]2[C@H]([C@H](C)O)[C@H](CO)ON2Cc2cccc(CNCCN(C)C)c2)C[C@H]2C[C@@H]1C2(C)C.O=C1CCCCC1.[Na+]. The van der Waals surface area contributed by atoms with Gasteiger partial charge in [0.15, 0.2) is 0 Å². The predicted octanol–water partition coefficient (Wildman–Crippen LogP) is 9.61. The Morgan fingerprint density at radius 1 is 0.466 bits per heavy atom. The van der Waals surface area contributed by atoms with Gasteiger partial charge in [-0.25, -0.2) is 19.4 Å². The summed E-state index contributed by atoms with van der Waals surface area (Å²) in [6, 6.07) is 25.2. The molecule has 24 atom stereocenters. The summed E-state index contributed by atoms with van der Waals surface area (Å²) in [7, 11) is 12.7. The summed E-state index contributed by atoms with van der Waals surface area (Å²) in [4.78, 5) is 119. The Labute approximate surface area is 919 Å². The van der Waals surface area contributed by atoms with Crippen molar-refractivity contribution < 1.29 is 123 Å². The molecule has 31 nitrogen and oxygen atoms in total. The number of hydrogen-bond acceptors (Lipinski definition) is 28. The predicted molar refractivity (Wildman–Crippen MR) is 576 cm³/mol. The van der Waals surface area contributed by atoms with Crippen LogP contribution in [-0.2, 0) is 97.1 Å². The molecule has 15 fully saturated rings. The van der Waals surface area contributed by atoms with Crippen LogP contribution in [0.5, 0.6) is 0 Å². The first-order valence-electron chi connectivity index (χ1n) is 54.8. The van der Waals surface area contributed by atoms with E-state index in [9.17, 15) is 59.4 Å². The molecular weight excluding hydrogens is 1930 g/mol. The Morgan fingerprint density at radius 2 is 0.743 bits per heavy atom. The first-order chi connectivity index (χ1) is 69.0. The van der Waals surface area contributed by atoms with E-state index in [1.54, 1.807) is 42.8 Å². The molecule has 3 aromatic carbocycles. The van der Waals surface area contributed by atoms with Gasteiger partial charge in [0.05, 0.1) is 57.8 Å². The number of carbonyl (C=O) groups is 7.